The van der Waals surface area contributed by atoms with Crippen LogP contribution in [-0.4, -0.2) is 28.2 Å². The van der Waals surface area contributed by atoms with Crippen molar-refractivity contribution < 1.29 is 14.3 Å². The van der Waals surface area contributed by atoms with E-state index >= 15 is 0 Å². The van der Waals surface area contributed by atoms with Crippen LogP contribution in [0.4, 0.5) is 5.69 Å². The van der Waals surface area contributed by atoms with E-state index in [9.17, 15) is 9.59 Å². The standard InChI is InChI=1S/C17H18N4O3/c1-21-14-4-2-3-12(11(14)8-18-21)20-17(23)10-5-6-13-15(7-10)24-9-16(22)19-13/h5-8,12H,2-4,9H2,1H3,(H,19,22)(H,20,23). The number of ether oxygens (including phenoxy) is 1. The Balaban J connectivity index is 1.54. The van der Waals surface area contributed by atoms with Gasteiger partial charge in [-0.25, -0.2) is 0 Å². The van der Waals surface area contributed by atoms with Crippen LogP contribution in [-0.2, 0) is 18.3 Å². The molecular weight excluding hydrogens is 308 g/mol. The van der Waals surface area contributed by atoms with E-state index in [0.717, 1.165) is 24.8 Å². The van der Waals surface area contributed by atoms with Gasteiger partial charge in [-0.1, -0.05) is 0 Å². The fourth-order valence-electron chi connectivity index (χ4n) is 3.31. The normalized spacial score (nSPS) is 18.9. The SMILES string of the molecule is Cn1ncc2c1CCCC2NC(=O)c1ccc2c(c1)OCC(=O)N2. The second-order valence-corrected chi connectivity index (χ2v) is 6.14. The molecule has 4 rings (SSSR count). The summed E-state index contributed by atoms with van der Waals surface area (Å²) in [5.74, 6) is 0.180. The van der Waals surface area contributed by atoms with Crippen molar-refractivity contribution in [1.29, 1.82) is 0 Å². The van der Waals surface area contributed by atoms with E-state index in [1.165, 1.54) is 5.69 Å². The minimum absolute atomic E-state index is 0.0217. The number of amides is 2. The molecule has 1 atom stereocenters. The van der Waals surface area contributed by atoms with Crippen molar-refractivity contribution in [1.82, 2.24) is 15.1 Å². The van der Waals surface area contributed by atoms with Crippen LogP contribution in [0.5, 0.6) is 5.75 Å². The molecule has 124 valence electrons. The Hall–Kier alpha value is -2.83. The summed E-state index contributed by atoms with van der Waals surface area (Å²) in [4.78, 5) is 23.9. The lowest BCUT2D eigenvalue weighted by molar-refractivity contribution is -0.118. The first-order chi connectivity index (χ1) is 11.6. The highest BCUT2D eigenvalue weighted by Gasteiger charge is 2.25. The molecule has 0 bridgehead atoms. The van der Waals surface area contributed by atoms with Crippen LogP contribution in [0.15, 0.2) is 24.4 Å². The summed E-state index contributed by atoms with van der Waals surface area (Å²) in [7, 11) is 1.93. The summed E-state index contributed by atoms with van der Waals surface area (Å²) in [5.41, 5.74) is 3.39. The Kier molecular flexibility index (Phi) is 3.48. The van der Waals surface area contributed by atoms with E-state index in [0.29, 0.717) is 17.0 Å². The second kappa shape index (κ2) is 5.67. The predicted octanol–water partition coefficient (Wildman–Crippen LogP) is 1.56. The molecule has 1 aromatic heterocycles. The van der Waals surface area contributed by atoms with Gasteiger partial charge >= 0.3 is 0 Å². The number of hydrogen-bond acceptors (Lipinski definition) is 4. The van der Waals surface area contributed by atoms with Crippen LogP contribution in [0.2, 0.25) is 0 Å². The van der Waals surface area contributed by atoms with Crippen molar-refractivity contribution in [3.8, 4) is 5.75 Å². The number of carbonyl (C=O) groups is 2. The molecule has 0 saturated carbocycles. The van der Waals surface area contributed by atoms with Crippen LogP contribution >= 0.6 is 0 Å². The molecule has 1 aliphatic heterocycles. The van der Waals surface area contributed by atoms with Crippen molar-refractivity contribution in [2.45, 2.75) is 25.3 Å². The molecule has 0 radical (unpaired) electrons. The van der Waals surface area contributed by atoms with Crippen molar-refractivity contribution in [2.24, 2.45) is 7.05 Å². The van der Waals surface area contributed by atoms with Gasteiger partial charge in [0.15, 0.2) is 6.61 Å². The average molecular weight is 326 g/mol. The molecule has 2 N–H and O–H groups in total. The number of aromatic nitrogens is 2. The Bertz CT molecular complexity index is 827. The highest BCUT2D eigenvalue weighted by molar-refractivity contribution is 5.99. The van der Waals surface area contributed by atoms with Crippen molar-refractivity contribution in [2.75, 3.05) is 11.9 Å². The maximum Gasteiger partial charge on any atom is 0.262 e. The van der Waals surface area contributed by atoms with Crippen LogP contribution < -0.4 is 15.4 Å². The molecule has 2 aliphatic rings. The summed E-state index contributed by atoms with van der Waals surface area (Å²) in [6, 6.07) is 5.02. The molecule has 1 aliphatic carbocycles. The molecule has 2 aromatic rings. The number of anilines is 1. The lowest BCUT2D eigenvalue weighted by atomic mass is 9.92. The zero-order valence-electron chi connectivity index (χ0n) is 13.3. The third-order valence-electron chi connectivity index (χ3n) is 4.56. The van der Waals surface area contributed by atoms with Crippen LogP contribution in [0.25, 0.3) is 0 Å². The van der Waals surface area contributed by atoms with Gasteiger partial charge in [-0.3, -0.25) is 14.3 Å². The van der Waals surface area contributed by atoms with Crippen LogP contribution in [0.3, 0.4) is 0 Å². The average Bonchev–Trinajstić information content (AvgIpc) is 2.97. The first kappa shape index (κ1) is 14.7. The highest BCUT2D eigenvalue weighted by atomic mass is 16.5. The molecule has 2 heterocycles. The van der Waals surface area contributed by atoms with Gasteiger partial charge in [0.25, 0.3) is 11.8 Å². The lowest BCUT2D eigenvalue weighted by Crippen LogP contribution is -2.31. The minimum Gasteiger partial charge on any atom is -0.482 e. The summed E-state index contributed by atoms with van der Waals surface area (Å²) < 4.78 is 7.25. The lowest BCUT2D eigenvalue weighted by Gasteiger charge is -2.24. The monoisotopic (exact) mass is 326 g/mol. The predicted molar refractivity (Wildman–Crippen MR) is 86.9 cm³/mol. The maximum atomic E-state index is 12.6. The van der Waals surface area contributed by atoms with Gasteiger partial charge in [0.2, 0.25) is 0 Å². The van der Waals surface area contributed by atoms with Gasteiger partial charge < -0.3 is 15.4 Å². The molecule has 7 nitrogen and oxygen atoms in total. The van der Waals surface area contributed by atoms with Crippen LogP contribution in [0, 0.1) is 0 Å². The fraction of sp³-hybridized carbons (Fsp3) is 0.353. The van der Waals surface area contributed by atoms with E-state index < -0.39 is 0 Å². The van der Waals surface area contributed by atoms with Gasteiger partial charge in [0, 0.05) is 23.9 Å². The summed E-state index contributed by atoms with van der Waals surface area (Å²) in [6.45, 7) is -0.0280. The summed E-state index contributed by atoms with van der Waals surface area (Å²) in [5, 5.41) is 10.1. The number of carbonyl (C=O) groups excluding carboxylic acids is 2. The summed E-state index contributed by atoms with van der Waals surface area (Å²) >= 11 is 0. The largest absolute Gasteiger partial charge is 0.482 e. The van der Waals surface area contributed by atoms with E-state index in [2.05, 4.69) is 15.7 Å². The van der Waals surface area contributed by atoms with E-state index in [1.807, 2.05) is 17.9 Å². The van der Waals surface area contributed by atoms with Gasteiger partial charge in [-0.05, 0) is 37.5 Å². The van der Waals surface area contributed by atoms with E-state index in [4.69, 9.17) is 4.74 Å². The van der Waals surface area contributed by atoms with E-state index in [-0.39, 0.29) is 24.5 Å². The molecule has 1 unspecified atom stereocenters. The number of nitrogens with one attached hydrogen (secondary N) is 2. The smallest absolute Gasteiger partial charge is 0.262 e. The number of nitrogens with zero attached hydrogens (tertiary/aromatic N) is 2. The first-order valence-electron chi connectivity index (χ1n) is 8.00. The minimum atomic E-state index is -0.189. The fourth-order valence-corrected chi connectivity index (χ4v) is 3.31. The quantitative estimate of drug-likeness (QED) is 0.877. The van der Waals surface area contributed by atoms with Crippen molar-refractivity contribution >= 4 is 17.5 Å². The van der Waals surface area contributed by atoms with E-state index in [1.54, 1.807) is 18.2 Å². The Labute approximate surface area is 139 Å². The molecule has 0 spiro atoms. The topological polar surface area (TPSA) is 85.2 Å². The highest BCUT2D eigenvalue weighted by Crippen LogP contribution is 2.31. The van der Waals surface area contributed by atoms with Gasteiger partial charge in [-0.2, -0.15) is 5.10 Å². The summed E-state index contributed by atoms with van der Waals surface area (Å²) in [6.07, 6.45) is 4.76. The number of rotatable bonds is 2. The molecule has 2 amide bonds. The Morgan fingerprint density at radius 1 is 1.46 bits per heavy atom. The van der Waals surface area contributed by atoms with Crippen LogP contribution in [0.1, 0.15) is 40.5 Å². The zero-order chi connectivity index (χ0) is 16.7. The number of hydrogen-bond donors (Lipinski definition) is 2. The number of benzene rings is 1. The Morgan fingerprint density at radius 2 is 2.33 bits per heavy atom. The Morgan fingerprint density at radius 3 is 3.21 bits per heavy atom. The van der Waals surface area contributed by atoms with Gasteiger partial charge in [0.05, 0.1) is 17.9 Å². The molecule has 0 fully saturated rings. The third-order valence-corrected chi connectivity index (χ3v) is 4.56. The van der Waals surface area contributed by atoms with Crippen molar-refractivity contribution in [3.05, 3.63) is 41.2 Å². The molecule has 7 heteroatoms. The molecule has 1 aromatic carbocycles. The maximum absolute atomic E-state index is 12.6. The zero-order valence-corrected chi connectivity index (χ0v) is 13.3. The number of fused-ring (bicyclic) bond motifs is 2. The second-order valence-electron chi connectivity index (χ2n) is 6.14. The number of aryl methyl sites for hydroxylation is 1. The molecule has 24 heavy (non-hydrogen) atoms. The van der Waals surface area contributed by atoms with Crippen molar-refractivity contribution in [3.63, 3.8) is 0 Å². The van der Waals surface area contributed by atoms with Gasteiger partial charge in [0.1, 0.15) is 5.75 Å². The van der Waals surface area contributed by atoms with Gasteiger partial charge in [-0.15, -0.1) is 0 Å². The molecular formula is C17H18N4O3. The third kappa shape index (κ3) is 2.51. The first-order valence-corrected chi connectivity index (χ1v) is 8.00. The molecule has 0 saturated heterocycles.